The molecule has 4 nitrogen and oxygen atoms in total. The smallest absolute Gasteiger partial charge is 0.315 e. The molecule has 0 spiro atoms. The van der Waals surface area contributed by atoms with Crippen LogP contribution >= 0.6 is 0 Å². The third kappa shape index (κ3) is 2.10. The number of carboxylic acids is 1. The average molecular weight is 372 g/mol. The fourth-order valence-corrected chi connectivity index (χ4v) is 7.91. The minimum absolute atomic E-state index is 0.0778. The van der Waals surface area contributed by atoms with Crippen LogP contribution in [0.25, 0.3) is 0 Å². The maximum Gasteiger partial charge on any atom is 0.315 e. The maximum atomic E-state index is 13.0. The van der Waals surface area contributed by atoms with E-state index in [4.69, 9.17) is 4.74 Å². The highest BCUT2D eigenvalue weighted by atomic mass is 16.5. The highest BCUT2D eigenvalue weighted by Gasteiger charge is 2.80. The molecule has 0 saturated heterocycles. The molecule has 0 radical (unpaired) electrons. The summed E-state index contributed by atoms with van der Waals surface area (Å²) in [4.78, 5) is 13.0. The Morgan fingerprint density at radius 2 is 2.11 bits per heavy atom. The lowest BCUT2D eigenvalue weighted by Gasteiger charge is -2.53. The van der Waals surface area contributed by atoms with Gasteiger partial charge in [0.25, 0.3) is 0 Å². The first-order valence-corrected chi connectivity index (χ1v) is 10.8. The number of hydrogen-bond acceptors (Lipinski definition) is 3. The Balaban J connectivity index is 1.89. The first-order valence-electron chi connectivity index (χ1n) is 10.8. The number of fused-ring (bicyclic) bond motifs is 2. The Morgan fingerprint density at radius 1 is 1.37 bits per heavy atom. The van der Waals surface area contributed by atoms with E-state index in [2.05, 4.69) is 33.8 Å². The first kappa shape index (κ1) is 19.0. The highest BCUT2D eigenvalue weighted by molar-refractivity contribution is 5.85. The van der Waals surface area contributed by atoms with Crippen molar-refractivity contribution in [1.29, 1.82) is 5.26 Å². The highest BCUT2D eigenvalue weighted by Crippen LogP contribution is 2.79. The fraction of sp³-hybridized carbons (Fsp3) is 0.826. The molecule has 0 unspecified atom stereocenters. The lowest BCUT2D eigenvalue weighted by Crippen LogP contribution is -2.57. The second kappa shape index (κ2) is 6.34. The molecule has 0 aromatic rings. The minimum Gasteiger partial charge on any atom is -0.481 e. The van der Waals surface area contributed by atoms with Gasteiger partial charge in [-0.05, 0) is 72.3 Å². The summed E-state index contributed by atoms with van der Waals surface area (Å²) < 4.78 is 5.92. The number of carbonyl (C=O) groups is 1. The molecule has 4 aliphatic rings. The van der Waals surface area contributed by atoms with Crippen LogP contribution in [0.2, 0.25) is 0 Å². The van der Waals surface area contributed by atoms with Gasteiger partial charge in [0.15, 0.2) is 0 Å². The van der Waals surface area contributed by atoms with Crippen LogP contribution < -0.4 is 0 Å². The van der Waals surface area contributed by atoms with Gasteiger partial charge in [0.1, 0.15) is 5.41 Å². The van der Waals surface area contributed by atoms with Crippen molar-refractivity contribution in [2.24, 2.45) is 46.3 Å². The summed E-state index contributed by atoms with van der Waals surface area (Å²) in [6.45, 7) is 9.86. The molecule has 0 aromatic heterocycles. The maximum absolute atomic E-state index is 13.0. The molecule has 4 aliphatic carbocycles. The standard InChI is InChI=1S/C23H33NO3/c1-5-8-27-11-17-16-10-22(12-24)18-7-6-14(4)15(18)9-19(16)23(22,21(25)26)20(17)13(2)3/h13-16,18-19H,5-11H2,1-4H3,(H,25,26)/t14-,15-,16-,18-,19-,22+,23-/m1/s1. The first-order chi connectivity index (χ1) is 12.9. The predicted octanol–water partition coefficient (Wildman–Crippen LogP) is 4.66. The topological polar surface area (TPSA) is 70.3 Å². The minimum atomic E-state index is -0.989. The molecule has 1 N–H and O–H groups in total. The quantitative estimate of drug-likeness (QED) is 0.544. The molecule has 4 bridgehead atoms. The summed E-state index contributed by atoms with van der Waals surface area (Å²) in [5.74, 6) is 1.04. The number of nitrogens with zero attached hydrogens (tertiary/aromatic N) is 1. The zero-order chi connectivity index (χ0) is 19.6. The van der Waals surface area contributed by atoms with Crippen molar-refractivity contribution < 1.29 is 14.6 Å². The van der Waals surface area contributed by atoms with Crippen LogP contribution in [0, 0.1) is 57.7 Å². The van der Waals surface area contributed by atoms with E-state index < -0.39 is 16.8 Å². The summed E-state index contributed by atoms with van der Waals surface area (Å²) in [6.07, 6.45) is 4.82. The molecule has 0 heterocycles. The van der Waals surface area contributed by atoms with Gasteiger partial charge >= 0.3 is 5.97 Å². The Morgan fingerprint density at radius 3 is 2.70 bits per heavy atom. The van der Waals surface area contributed by atoms with Gasteiger partial charge in [0, 0.05) is 6.61 Å². The molecule has 4 heteroatoms. The van der Waals surface area contributed by atoms with Gasteiger partial charge in [-0.1, -0.05) is 34.1 Å². The van der Waals surface area contributed by atoms with Crippen molar-refractivity contribution in [3.05, 3.63) is 11.1 Å². The van der Waals surface area contributed by atoms with E-state index in [9.17, 15) is 15.2 Å². The van der Waals surface area contributed by atoms with Crippen LogP contribution in [0.5, 0.6) is 0 Å². The van der Waals surface area contributed by atoms with E-state index >= 15 is 0 Å². The van der Waals surface area contributed by atoms with Crippen molar-refractivity contribution in [3.63, 3.8) is 0 Å². The van der Waals surface area contributed by atoms with Crippen molar-refractivity contribution in [3.8, 4) is 6.07 Å². The van der Waals surface area contributed by atoms with Crippen molar-refractivity contribution in [2.45, 2.75) is 59.8 Å². The second-order valence-corrected chi connectivity index (χ2v) is 9.82. The zero-order valence-electron chi connectivity index (χ0n) is 17.1. The Bertz CT molecular complexity index is 720. The summed E-state index contributed by atoms with van der Waals surface area (Å²) >= 11 is 0. The van der Waals surface area contributed by atoms with E-state index in [1.165, 1.54) is 5.57 Å². The second-order valence-electron chi connectivity index (χ2n) is 9.82. The number of aliphatic carboxylic acids is 1. The normalized spacial score (nSPS) is 44.7. The van der Waals surface area contributed by atoms with Gasteiger partial charge in [0.05, 0.1) is 18.1 Å². The molecule has 3 saturated carbocycles. The molecule has 0 amide bonds. The number of hydrogen-bond donors (Lipinski definition) is 1. The van der Waals surface area contributed by atoms with Gasteiger partial charge in [-0.2, -0.15) is 5.26 Å². The number of carboxylic acid groups (broad SMARTS) is 1. The summed E-state index contributed by atoms with van der Waals surface area (Å²) in [5, 5.41) is 21.1. The van der Waals surface area contributed by atoms with Gasteiger partial charge in [-0.25, -0.2) is 0 Å². The molecule has 7 atom stereocenters. The zero-order valence-corrected chi connectivity index (χ0v) is 17.1. The molecule has 4 rings (SSSR count). The van der Waals surface area contributed by atoms with Crippen LogP contribution in [0.15, 0.2) is 11.1 Å². The lowest BCUT2D eigenvalue weighted by molar-refractivity contribution is -0.161. The lowest BCUT2D eigenvalue weighted by atomic mass is 9.47. The van der Waals surface area contributed by atoms with Gasteiger partial charge < -0.3 is 9.84 Å². The Kier molecular flexibility index (Phi) is 4.46. The Hall–Kier alpha value is -1.34. The Labute approximate surface area is 163 Å². The third-order valence-corrected chi connectivity index (χ3v) is 8.57. The summed E-state index contributed by atoms with van der Waals surface area (Å²) in [7, 11) is 0. The number of rotatable bonds is 6. The van der Waals surface area contributed by atoms with Gasteiger partial charge in [-0.15, -0.1) is 0 Å². The molecule has 0 aromatic carbocycles. The molecular weight excluding hydrogens is 338 g/mol. The molecule has 3 fully saturated rings. The van der Waals surface area contributed by atoms with Crippen LogP contribution in [-0.4, -0.2) is 24.3 Å². The molecule has 0 aliphatic heterocycles. The number of nitriles is 1. The summed E-state index contributed by atoms with van der Waals surface area (Å²) in [6, 6.07) is 2.67. The van der Waals surface area contributed by atoms with E-state index in [-0.39, 0.29) is 23.7 Å². The number of ether oxygens (including phenoxy) is 1. The van der Waals surface area contributed by atoms with Crippen LogP contribution in [0.4, 0.5) is 0 Å². The average Bonchev–Trinajstić information content (AvgIpc) is 3.19. The fourth-order valence-electron chi connectivity index (χ4n) is 7.91. The van der Waals surface area contributed by atoms with Gasteiger partial charge in [0.2, 0.25) is 0 Å². The molecular formula is C23H33NO3. The van der Waals surface area contributed by atoms with Gasteiger partial charge in [-0.3, -0.25) is 4.79 Å². The van der Waals surface area contributed by atoms with E-state index in [1.807, 2.05) is 0 Å². The van der Waals surface area contributed by atoms with Crippen LogP contribution in [-0.2, 0) is 9.53 Å². The van der Waals surface area contributed by atoms with E-state index in [1.54, 1.807) is 0 Å². The van der Waals surface area contributed by atoms with E-state index in [0.717, 1.165) is 37.7 Å². The predicted molar refractivity (Wildman–Crippen MR) is 103 cm³/mol. The van der Waals surface area contributed by atoms with Crippen molar-refractivity contribution >= 4 is 5.97 Å². The van der Waals surface area contributed by atoms with Crippen LogP contribution in [0.3, 0.4) is 0 Å². The largest absolute Gasteiger partial charge is 0.481 e. The van der Waals surface area contributed by atoms with Crippen LogP contribution in [0.1, 0.15) is 59.8 Å². The van der Waals surface area contributed by atoms with E-state index in [0.29, 0.717) is 25.0 Å². The van der Waals surface area contributed by atoms with Crippen molar-refractivity contribution in [1.82, 2.24) is 0 Å². The van der Waals surface area contributed by atoms with Crippen molar-refractivity contribution in [2.75, 3.05) is 13.2 Å². The third-order valence-electron chi connectivity index (χ3n) is 8.57. The summed E-state index contributed by atoms with van der Waals surface area (Å²) in [5.41, 5.74) is 0.558. The molecule has 148 valence electrons. The monoisotopic (exact) mass is 371 g/mol. The SMILES string of the molecule is CCCOCC1=C(C(C)C)[C@@]2(C(=O)O)[C@@H]3C[C@@H]4[C@H](C)CC[C@H]4[C@@]2(C#N)C[C@H]13. The molecule has 27 heavy (non-hydrogen) atoms.